The molecule has 0 atom stereocenters. The van der Waals surface area contributed by atoms with Crippen LogP contribution in [0.3, 0.4) is 0 Å². The third-order valence-electron chi connectivity index (χ3n) is 1.55. The van der Waals surface area contributed by atoms with Crippen LogP contribution in [0.4, 0.5) is 0 Å². The zero-order valence-electron chi connectivity index (χ0n) is 6.02. The van der Waals surface area contributed by atoms with Crippen LogP contribution in [-0.4, -0.2) is 11.5 Å². The molecule has 0 N–H and O–H groups in total. The van der Waals surface area contributed by atoms with Crippen molar-refractivity contribution in [1.82, 2.24) is 0 Å². The van der Waals surface area contributed by atoms with E-state index in [9.17, 15) is 0 Å². The smallest absolute Gasteiger partial charge is 0.0143 e. The van der Waals surface area contributed by atoms with Crippen LogP contribution in [0, 0.1) is 0 Å². The summed E-state index contributed by atoms with van der Waals surface area (Å²) in [6.07, 6.45) is 6.36. The molecular formula is C8H14S. The van der Waals surface area contributed by atoms with Crippen molar-refractivity contribution in [3.8, 4) is 0 Å². The van der Waals surface area contributed by atoms with Crippen LogP contribution in [-0.2, 0) is 0 Å². The first kappa shape index (κ1) is 7.20. The van der Waals surface area contributed by atoms with E-state index in [-0.39, 0.29) is 0 Å². The summed E-state index contributed by atoms with van der Waals surface area (Å²) in [6.45, 7) is 2.25. The van der Waals surface area contributed by atoms with Crippen LogP contribution in [0.5, 0.6) is 0 Å². The minimum atomic E-state index is 1.30. The molecule has 0 amide bonds. The molecule has 0 nitrogen and oxygen atoms in total. The van der Waals surface area contributed by atoms with E-state index in [1.165, 1.54) is 30.8 Å². The van der Waals surface area contributed by atoms with Gasteiger partial charge < -0.3 is 0 Å². The maximum Gasteiger partial charge on any atom is 0.0143 e. The summed E-state index contributed by atoms with van der Waals surface area (Å²) in [5, 5.41) is 0. The molecule has 0 bridgehead atoms. The quantitative estimate of drug-likeness (QED) is 0.534. The number of hydrogen-bond acceptors (Lipinski definition) is 1. The fourth-order valence-electron chi connectivity index (χ4n) is 1.10. The van der Waals surface area contributed by atoms with Gasteiger partial charge in [0.05, 0.1) is 0 Å². The van der Waals surface area contributed by atoms with Gasteiger partial charge in [0.1, 0.15) is 0 Å². The molecular weight excluding hydrogens is 128 g/mol. The van der Waals surface area contributed by atoms with Gasteiger partial charge >= 0.3 is 0 Å². The zero-order valence-corrected chi connectivity index (χ0v) is 6.84. The van der Waals surface area contributed by atoms with Crippen LogP contribution in [0.25, 0.3) is 0 Å². The van der Waals surface area contributed by atoms with Gasteiger partial charge in [0, 0.05) is 5.75 Å². The van der Waals surface area contributed by atoms with Crippen molar-refractivity contribution in [2.75, 3.05) is 11.5 Å². The molecule has 1 aliphatic heterocycles. The average molecular weight is 142 g/mol. The highest BCUT2D eigenvalue weighted by Crippen LogP contribution is 2.19. The van der Waals surface area contributed by atoms with Gasteiger partial charge in [-0.15, -0.1) is 0 Å². The highest BCUT2D eigenvalue weighted by molar-refractivity contribution is 7.99. The van der Waals surface area contributed by atoms with Crippen LogP contribution < -0.4 is 0 Å². The Labute approximate surface area is 61.7 Å². The molecule has 0 aliphatic carbocycles. The highest BCUT2D eigenvalue weighted by atomic mass is 32.2. The Morgan fingerprint density at radius 3 is 3.11 bits per heavy atom. The molecule has 1 rings (SSSR count). The lowest BCUT2D eigenvalue weighted by Gasteiger charge is -2.10. The average Bonchev–Trinajstić information content (AvgIpc) is 1.91. The summed E-state index contributed by atoms with van der Waals surface area (Å²) in [4.78, 5) is 0. The van der Waals surface area contributed by atoms with Crippen molar-refractivity contribution in [3.63, 3.8) is 0 Å². The maximum absolute atomic E-state index is 2.42. The van der Waals surface area contributed by atoms with E-state index in [0.29, 0.717) is 0 Å². The minimum Gasteiger partial charge on any atom is -0.157 e. The first-order chi connectivity index (χ1) is 4.43. The van der Waals surface area contributed by atoms with E-state index >= 15 is 0 Å². The van der Waals surface area contributed by atoms with Crippen molar-refractivity contribution in [3.05, 3.63) is 11.6 Å². The van der Waals surface area contributed by atoms with Gasteiger partial charge in [-0.2, -0.15) is 11.8 Å². The molecule has 0 saturated carbocycles. The second-order valence-electron chi connectivity index (χ2n) is 2.45. The minimum absolute atomic E-state index is 1.30. The second-order valence-corrected chi connectivity index (χ2v) is 3.56. The topological polar surface area (TPSA) is 0 Å². The summed E-state index contributed by atoms with van der Waals surface area (Å²) in [6, 6.07) is 0. The number of rotatable bonds is 2. The molecule has 0 fully saturated rings. The largest absolute Gasteiger partial charge is 0.157 e. The Kier molecular flexibility index (Phi) is 3.20. The predicted molar refractivity (Wildman–Crippen MR) is 44.9 cm³/mol. The fraction of sp³-hybridized carbons (Fsp3) is 0.750. The normalized spacial score (nSPS) is 19.4. The molecule has 9 heavy (non-hydrogen) atoms. The molecule has 0 saturated heterocycles. The molecule has 1 aliphatic rings. The van der Waals surface area contributed by atoms with Gasteiger partial charge in [-0.05, 0) is 18.6 Å². The van der Waals surface area contributed by atoms with Gasteiger partial charge in [-0.25, -0.2) is 0 Å². The third kappa shape index (κ3) is 2.44. The third-order valence-corrected chi connectivity index (χ3v) is 2.65. The van der Waals surface area contributed by atoms with Crippen molar-refractivity contribution < 1.29 is 0 Å². The Morgan fingerprint density at radius 2 is 2.56 bits per heavy atom. The van der Waals surface area contributed by atoms with Crippen LogP contribution >= 0.6 is 11.8 Å². The van der Waals surface area contributed by atoms with Gasteiger partial charge in [0.25, 0.3) is 0 Å². The molecule has 0 spiro atoms. The first-order valence-corrected chi connectivity index (χ1v) is 4.84. The Bertz CT molecular complexity index is 105. The molecule has 0 radical (unpaired) electrons. The lowest BCUT2D eigenvalue weighted by Crippen LogP contribution is -1.95. The van der Waals surface area contributed by atoms with Crippen LogP contribution in [0.2, 0.25) is 0 Å². The van der Waals surface area contributed by atoms with E-state index in [2.05, 4.69) is 24.8 Å². The Morgan fingerprint density at radius 1 is 1.67 bits per heavy atom. The van der Waals surface area contributed by atoms with E-state index < -0.39 is 0 Å². The summed E-state index contributed by atoms with van der Waals surface area (Å²) >= 11 is 2.07. The summed E-state index contributed by atoms with van der Waals surface area (Å²) in [7, 11) is 0. The SMILES string of the molecule is CCCC1=CCCSC1. The summed E-state index contributed by atoms with van der Waals surface area (Å²) in [5.41, 5.74) is 1.67. The molecule has 1 heteroatoms. The Hall–Kier alpha value is 0.0900. The molecule has 0 aromatic rings. The molecule has 0 aromatic carbocycles. The van der Waals surface area contributed by atoms with Crippen LogP contribution in [0.1, 0.15) is 26.2 Å². The fourth-order valence-corrected chi connectivity index (χ4v) is 2.06. The van der Waals surface area contributed by atoms with Gasteiger partial charge in [-0.1, -0.05) is 25.0 Å². The molecule has 52 valence electrons. The van der Waals surface area contributed by atoms with Gasteiger partial charge in [0.15, 0.2) is 0 Å². The zero-order chi connectivity index (χ0) is 6.53. The lowest BCUT2D eigenvalue weighted by molar-refractivity contribution is 0.895. The molecule has 1 heterocycles. The van der Waals surface area contributed by atoms with E-state index in [1.54, 1.807) is 5.57 Å². The molecule has 0 aromatic heterocycles. The molecule has 0 unspecified atom stereocenters. The standard InChI is InChI=1S/C8H14S/c1-2-4-8-5-3-6-9-7-8/h5H,2-4,6-7H2,1H3. The number of allylic oxidation sites excluding steroid dienone is 1. The van der Waals surface area contributed by atoms with E-state index in [4.69, 9.17) is 0 Å². The van der Waals surface area contributed by atoms with Crippen molar-refractivity contribution in [2.24, 2.45) is 0 Å². The Balaban J connectivity index is 2.28. The van der Waals surface area contributed by atoms with E-state index in [0.717, 1.165) is 0 Å². The number of thioether (sulfide) groups is 1. The van der Waals surface area contributed by atoms with E-state index in [1.807, 2.05) is 0 Å². The van der Waals surface area contributed by atoms with Crippen LogP contribution in [0.15, 0.2) is 11.6 Å². The summed E-state index contributed by atoms with van der Waals surface area (Å²) < 4.78 is 0. The highest BCUT2D eigenvalue weighted by Gasteiger charge is 2.00. The monoisotopic (exact) mass is 142 g/mol. The van der Waals surface area contributed by atoms with Gasteiger partial charge in [-0.3, -0.25) is 0 Å². The second kappa shape index (κ2) is 3.99. The van der Waals surface area contributed by atoms with Crippen molar-refractivity contribution >= 4 is 11.8 Å². The summed E-state index contributed by atoms with van der Waals surface area (Å²) in [5.74, 6) is 2.64. The number of hydrogen-bond donors (Lipinski definition) is 0. The van der Waals surface area contributed by atoms with Crippen molar-refractivity contribution in [1.29, 1.82) is 0 Å². The first-order valence-electron chi connectivity index (χ1n) is 3.69. The maximum atomic E-state index is 2.42. The lowest BCUT2D eigenvalue weighted by atomic mass is 10.1. The predicted octanol–water partition coefficient (Wildman–Crippen LogP) is 2.85. The van der Waals surface area contributed by atoms with Crippen molar-refractivity contribution in [2.45, 2.75) is 26.2 Å². The van der Waals surface area contributed by atoms with Gasteiger partial charge in [0.2, 0.25) is 0 Å².